The highest BCUT2D eigenvalue weighted by Gasteiger charge is 2.54. The molecular weight excluding hydrogens is 218 g/mol. The molecule has 0 atom stereocenters. The predicted molar refractivity (Wildman–Crippen MR) is 69.2 cm³/mol. The van der Waals surface area contributed by atoms with Crippen molar-refractivity contribution < 1.29 is 9.19 Å². The third-order valence-corrected chi connectivity index (χ3v) is 4.11. The second kappa shape index (κ2) is 3.91. The summed E-state index contributed by atoms with van der Waals surface area (Å²) in [6, 6.07) is 0. The first-order valence-corrected chi connectivity index (χ1v) is 9.50. The van der Waals surface area contributed by atoms with Crippen LogP contribution in [-0.4, -0.2) is 30.3 Å². The molecule has 0 aromatic carbocycles. The molecule has 1 saturated heterocycles. The third-order valence-electron chi connectivity index (χ3n) is 3.07. The average Bonchev–Trinajstić information content (AvgIpc) is 1.95. The molecule has 1 aliphatic rings. The first kappa shape index (κ1) is 13.8. The van der Waals surface area contributed by atoms with E-state index < -0.39 is 8.32 Å². The van der Waals surface area contributed by atoms with Gasteiger partial charge in [0.05, 0.1) is 6.10 Å². The molecule has 0 aliphatic carbocycles. The summed E-state index contributed by atoms with van der Waals surface area (Å²) >= 11 is 0. The zero-order valence-electron chi connectivity index (χ0n) is 11.8. The Morgan fingerprint density at radius 1 is 1.06 bits per heavy atom. The molecule has 3 nitrogen and oxygen atoms in total. The Hall–Kier alpha value is -0.223. The van der Waals surface area contributed by atoms with Crippen LogP contribution in [0.5, 0.6) is 0 Å². The van der Waals surface area contributed by atoms with Gasteiger partial charge in [-0.15, -0.1) is 0 Å². The van der Waals surface area contributed by atoms with Crippen LogP contribution in [0, 0.1) is 4.91 Å². The molecule has 0 saturated carbocycles. The maximum Gasteiger partial charge on any atom is 0.208 e. The Kier molecular flexibility index (Phi) is 3.38. The van der Waals surface area contributed by atoms with Crippen molar-refractivity contribution in [2.45, 2.75) is 77.4 Å². The van der Waals surface area contributed by atoms with E-state index in [1.165, 1.54) is 4.76 Å². The molecule has 0 unspecified atom stereocenters. The quantitative estimate of drug-likeness (QED) is 0.551. The van der Waals surface area contributed by atoms with E-state index in [1.807, 2.05) is 27.7 Å². The van der Waals surface area contributed by atoms with Crippen LogP contribution in [0.1, 0.15) is 40.5 Å². The lowest BCUT2D eigenvalue weighted by Gasteiger charge is -2.38. The number of nitrogens with zero attached hydrogens (tertiary/aromatic N) is 1. The zero-order valence-corrected chi connectivity index (χ0v) is 12.8. The van der Waals surface area contributed by atoms with E-state index in [4.69, 9.17) is 4.43 Å². The maximum atomic E-state index is 12.2. The van der Waals surface area contributed by atoms with Crippen molar-refractivity contribution in [2.75, 3.05) is 0 Å². The molecule has 16 heavy (non-hydrogen) atoms. The fourth-order valence-electron chi connectivity index (χ4n) is 2.75. The molecule has 1 heterocycles. The summed E-state index contributed by atoms with van der Waals surface area (Å²) in [4.78, 5) is 12.2. The maximum absolute atomic E-state index is 12.2. The fourth-order valence-corrected chi connectivity index (χ4v) is 3.92. The van der Waals surface area contributed by atoms with E-state index in [0.717, 1.165) is 12.8 Å². The molecule has 0 amide bonds. The van der Waals surface area contributed by atoms with Gasteiger partial charge in [-0.25, -0.2) is 0 Å². The molecule has 0 aromatic rings. The predicted octanol–water partition coefficient (Wildman–Crippen LogP) is 3.34. The molecule has 0 spiro atoms. The van der Waals surface area contributed by atoms with E-state index in [0.29, 0.717) is 0 Å². The van der Waals surface area contributed by atoms with E-state index in [9.17, 15) is 4.91 Å². The van der Waals surface area contributed by atoms with Crippen LogP contribution in [0.2, 0.25) is 19.6 Å². The highest BCUT2D eigenvalue weighted by molar-refractivity contribution is 6.69. The van der Waals surface area contributed by atoms with Crippen LogP contribution in [0.4, 0.5) is 0 Å². The van der Waals surface area contributed by atoms with Gasteiger partial charge in [0.2, 0.25) is 11.1 Å². The fraction of sp³-hybridized carbons (Fsp3) is 1.00. The van der Waals surface area contributed by atoms with Crippen LogP contribution < -0.4 is 0 Å². The molecule has 0 radical (unpaired) electrons. The van der Waals surface area contributed by atoms with E-state index in [1.54, 1.807) is 0 Å². The van der Waals surface area contributed by atoms with Gasteiger partial charge >= 0.3 is 0 Å². The highest BCUT2D eigenvalue weighted by atomic mass is 28.4. The zero-order chi connectivity index (χ0) is 12.8. The summed E-state index contributed by atoms with van der Waals surface area (Å²) in [6.07, 6.45) is 1.91. The number of nitroso groups, excluding NO2 is 1. The minimum absolute atomic E-state index is 0.238. The second-order valence-corrected chi connectivity index (χ2v) is 11.6. The van der Waals surface area contributed by atoms with Crippen LogP contribution in [0.3, 0.4) is 0 Å². The van der Waals surface area contributed by atoms with Crippen LogP contribution >= 0.6 is 0 Å². The minimum atomic E-state index is -1.51. The molecule has 0 bridgehead atoms. The van der Waals surface area contributed by atoms with Crippen molar-refractivity contribution in [1.29, 1.82) is 0 Å². The van der Waals surface area contributed by atoms with E-state index in [-0.39, 0.29) is 17.2 Å². The number of rotatable bonds is 2. The number of piperidine rings is 1. The molecular formula is C12H26NO2Si+. The smallest absolute Gasteiger partial charge is 0.208 e. The lowest BCUT2D eigenvalue weighted by atomic mass is 9.81. The Bertz CT molecular complexity index is 272. The molecule has 94 valence electrons. The number of hydrogen-bond donors (Lipinski definition) is 0. The van der Waals surface area contributed by atoms with Gasteiger partial charge in [0.15, 0.2) is 8.32 Å². The average molecular weight is 244 g/mol. The van der Waals surface area contributed by atoms with Crippen molar-refractivity contribution in [1.82, 2.24) is 0 Å². The van der Waals surface area contributed by atoms with Gasteiger partial charge < -0.3 is 4.43 Å². The standard InChI is InChI=1S/C12H26NO2Si/c1-11(2)8-10(15-16(5,6)7)9-12(3,4)13(11)14/h10H,8-9H2,1-7H3/q+1. The molecule has 1 rings (SSSR count). The SMILES string of the molecule is CC1(C)CC(O[Si](C)(C)C)CC(C)(C)[N+]1=O. The molecule has 0 aromatic heterocycles. The van der Waals surface area contributed by atoms with Crippen molar-refractivity contribution in [3.8, 4) is 0 Å². The Labute approximate surface area is 100 Å². The lowest BCUT2D eigenvalue weighted by Crippen LogP contribution is -2.57. The first-order chi connectivity index (χ1) is 6.94. The van der Waals surface area contributed by atoms with Crippen LogP contribution in [-0.2, 0) is 4.43 Å². The van der Waals surface area contributed by atoms with Gasteiger partial charge in [0.25, 0.3) is 0 Å². The van der Waals surface area contributed by atoms with E-state index >= 15 is 0 Å². The molecule has 4 heteroatoms. The van der Waals surface area contributed by atoms with Crippen molar-refractivity contribution in [3.05, 3.63) is 4.91 Å². The minimum Gasteiger partial charge on any atom is -0.414 e. The summed E-state index contributed by atoms with van der Waals surface area (Å²) in [7, 11) is -1.51. The summed E-state index contributed by atoms with van der Waals surface area (Å²) < 4.78 is 7.43. The molecule has 1 aliphatic heterocycles. The topological polar surface area (TPSA) is 29.3 Å². The Morgan fingerprint density at radius 3 is 1.75 bits per heavy atom. The van der Waals surface area contributed by atoms with Gasteiger partial charge in [-0.05, 0) is 19.6 Å². The van der Waals surface area contributed by atoms with E-state index in [2.05, 4.69) is 19.6 Å². The molecule has 0 N–H and O–H groups in total. The van der Waals surface area contributed by atoms with Crippen molar-refractivity contribution in [2.24, 2.45) is 0 Å². The molecule has 1 fully saturated rings. The van der Waals surface area contributed by atoms with Gasteiger partial charge in [-0.2, -0.15) is 0 Å². The van der Waals surface area contributed by atoms with Crippen LogP contribution in [0.15, 0.2) is 0 Å². The van der Waals surface area contributed by atoms with Gasteiger partial charge in [0.1, 0.15) is 0 Å². The van der Waals surface area contributed by atoms with Gasteiger partial charge in [0, 0.05) is 50.2 Å². The van der Waals surface area contributed by atoms with Gasteiger partial charge in [-0.3, -0.25) is 0 Å². The number of hydrogen-bond acceptors (Lipinski definition) is 2. The first-order valence-electron chi connectivity index (χ1n) is 6.09. The normalized spacial score (nSPS) is 25.8. The third kappa shape index (κ3) is 3.14. The van der Waals surface area contributed by atoms with Crippen LogP contribution in [0.25, 0.3) is 0 Å². The Balaban J connectivity index is 2.83. The monoisotopic (exact) mass is 244 g/mol. The summed E-state index contributed by atoms with van der Waals surface area (Å²) in [5.74, 6) is 0. The summed E-state index contributed by atoms with van der Waals surface area (Å²) in [5.41, 5.74) is -0.627. The largest absolute Gasteiger partial charge is 0.414 e. The summed E-state index contributed by atoms with van der Waals surface area (Å²) in [6.45, 7) is 14.7. The summed E-state index contributed by atoms with van der Waals surface area (Å²) in [5, 5.41) is 0. The Morgan fingerprint density at radius 2 is 1.44 bits per heavy atom. The second-order valence-electron chi connectivity index (χ2n) is 7.18. The van der Waals surface area contributed by atoms with Gasteiger partial charge in [-0.1, -0.05) is 0 Å². The van der Waals surface area contributed by atoms with Crippen molar-refractivity contribution >= 4 is 8.32 Å². The lowest BCUT2D eigenvalue weighted by molar-refractivity contribution is -0.695. The van der Waals surface area contributed by atoms with Crippen molar-refractivity contribution in [3.63, 3.8) is 0 Å². The highest BCUT2D eigenvalue weighted by Crippen LogP contribution is 2.36.